The van der Waals surface area contributed by atoms with Gasteiger partial charge in [0, 0.05) is 18.2 Å². The maximum absolute atomic E-state index is 14.2. The molecule has 4 rings (SSSR count). The number of nitrogens with zero attached hydrogens (tertiary/aromatic N) is 4. The molecule has 31 heavy (non-hydrogen) atoms. The van der Waals surface area contributed by atoms with Gasteiger partial charge in [-0.3, -0.25) is 9.59 Å². The summed E-state index contributed by atoms with van der Waals surface area (Å²) < 4.78 is 14.2. The Morgan fingerprint density at radius 2 is 1.87 bits per heavy atom. The number of fused-ring (bicyclic) bond motifs is 1. The molecule has 0 saturated heterocycles. The van der Waals surface area contributed by atoms with E-state index in [9.17, 15) is 14.0 Å². The lowest BCUT2D eigenvalue weighted by Crippen LogP contribution is -2.28. The summed E-state index contributed by atoms with van der Waals surface area (Å²) >= 11 is 0. The zero-order valence-corrected chi connectivity index (χ0v) is 16.7. The fourth-order valence-electron chi connectivity index (χ4n) is 3.64. The van der Waals surface area contributed by atoms with E-state index in [0.717, 1.165) is 11.6 Å². The number of aromatic nitrogens is 3. The predicted octanol–water partition coefficient (Wildman–Crippen LogP) is 1.90. The Kier molecular flexibility index (Phi) is 5.20. The van der Waals surface area contributed by atoms with Gasteiger partial charge in [0.25, 0.3) is 5.91 Å². The summed E-state index contributed by atoms with van der Waals surface area (Å²) in [7, 11) is 0. The minimum Gasteiger partial charge on any atom is -0.366 e. The summed E-state index contributed by atoms with van der Waals surface area (Å²) in [5, 5.41) is 3.06. The number of hydrogen-bond acceptors (Lipinski definition) is 7. The van der Waals surface area contributed by atoms with Gasteiger partial charge in [-0.1, -0.05) is 30.3 Å². The average Bonchev–Trinajstić information content (AvgIpc) is 3.07. The van der Waals surface area contributed by atoms with E-state index in [1.807, 2.05) is 37.3 Å². The van der Waals surface area contributed by atoms with Crippen molar-refractivity contribution in [2.24, 2.45) is 11.5 Å². The third kappa shape index (κ3) is 4.00. The molecule has 9 nitrogen and oxygen atoms in total. The van der Waals surface area contributed by atoms with Crippen LogP contribution in [0.3, 0.4) is 0 Å². The van der Waals surface area contributed by atoms with E-state index < -0.39 is 17.6 Å². The van der Waals surface area contributed by atoms with Crippen molar-refractivity contribution in [1.29, 1.82) is 0 Å². The Morgan fingerprint density at radius 3 is 2.55 bits per heavy atom. The van der Waals surface area contributed by atoms with Crippen molar-refractivity contribution in [3.05, 3.63) is 70.8 Å². The lowest BCUT2D eigenvalue weighted by Gasteiger charge is -2.23. The molecule has 2 amide bonds. The molecule has 0 bridgehead atoms. The van der Waals surface area contributed by atoms with Crippen LogP contribution in [0.1, 0.15) is 39.0 Å². The Labute approximate surface area is 177 Å². The first-order valence-corrected chi connectivity index (χ1v) is 9.58. The molecule has 1 aliphatic rings. The van der Waals surface area contributed by atoms with Gasteiger partial charge in [0.15, 0.2) is 0 Å². The van der Waals surface area contributed by atoms with E-state index in [-0.39, 0.29) is 29.3 Å². The second kappa shape index (κ2) is 7.98. The maximum Gasteiger partial charge on any atom is 0.286 e. The molecule has 2 aromatic carbocycles. The first kappa shape index (κ1) is 20.2. The summed E-state index contributed by atoms with van der Waals surface area (Å²) in [4.78, 5) is 37.9. The third-order valence-electron chi connectivity index (χ3n) is 5.01. The molecule has 0 aliphatic carbocycles. The van der Waals surface area contributed by atoms with Crippen LogP contribution < -0.4 is 21.7 Å². The second-order valence-electron chi connectivity index (χ2n) is 7.22. The van der Waals surface area contributed by atoms with E-state index in [4.69, 9.17) is 11.5 Å². The molecule has 0 radical (unpaired) electrons. The molecule has 3 aromatic rings. The number of carbonyl (C=O) groups is 2. The molecular weight excluding hydrogens is 401 g/mol. The van der Waals surface area contributed by atoms with Crippen molar-refractivity contribution in [3.63, 3.8) is 0 Å². The van der Waals surface area contributed by atoms with Crippen LogP contribution in [0.5, 0.6) is 0 Å². The smallest absolute Gasteiger partial charge is 0.286 e. The molecule has 1 aromatic heterocycles. The topological polar surface area (TPSA) is 140 Å². The lowest BCUT2D eigenvalue weighted by atomic mass is 10.0. The van der Waals surface area contributed by atoms with E-state index in [1.165, 1.54) is 6.07 Å². The Morgan fingerprint density at radius 1 is 1.13 bits per heavy atom. The summed E-state index contributed by atoms with van der Waals surface area (Å²) in [6.07, 6.45) is 0.429. The summed E-state index contributed by atoms with van der Waals surface area (Å²) in [6, 6.07) is 11.7. The molecule has 5 N–H and O–H groups in total. The van der Waals surface area contributed by atoms with Crippen LogP contribution in [0.4, 0.5) is 22.0 Å². The standard InChI is InChI=1S/C21H20FN7O2/c1-11-7-14-15(17(23)30)8-13(22)9-16(14)29(11)21-27-19(18(24)31)26-20(28-21)25-10-12-5-3-2-4-6-12/h2-6,8-9,11H,7,10H2,1H3,(H2,23,30)(H2,24,31)(H,25,26,27,28). The van der Waals surface area contributed by atoms with Crippen molar-refractivity contribution in [2.75, 3.05) is 10.2 Å². The van der Waals surface area contributed by atoms with Crippen molar-refractivity contribution in [1.82, 2.24) is 15.0 Å². The highest BCUT2D eigenvalue weighted by molar-refractivity contribution is 5.97. The van der Waals surface area contributed by atoms with Crippen molar-refractivity contribution >= 4 is 29.4 Å². The highest BCUT2D eigenvalue weighted by Gasteiger charge is 2.33. The van der Waals surface area contributed by atoms with Gasteiger partial charge in [0.2, 0.25) is 23.6 Å². The van der Waals surface area contributed by atoms with Crippen LogP contribution in [0.15, 0.2) is 42.5 Å². The molecule has 1 atom stereocenters. The molecule has 1 unspecified atom stereocenters. The normalized spacial score (nSPS) is 14.9. The van der Waals surface area contributed by atoms with Gasteiger partial charge in [-0.15, -0.1) is 0 Å². The van der Waals surface area contributed by atoms with Gasteiger partial charge in [-0.05, 0) is 36.6 Å². The number of hydrogen-bond donors (Lipinski definition) is 3. The van der Waals surface area contributed by atoms with E-state index in [2.05, 4.69) is 20.3 Å². The quantitative estimate of drug-likeness (QED) is 0.552. The molecule has 0 spiro atoms. The zero-order valence-electron chi connectivity index (χ0n) is 16.7. The Balaban J connectivity index is 1.75. The van der Waals surface area contributed by atoms with Gasteiger partial charge in [0.1, 0.15) is 5.82 Å². The number of rotatable bonds is 6. The monoisotopic (exact) mass is 421 g/mol. The number of halogens is 1. The SMILES string of the molecule is CC1Cc2c(C(N)=O)cc(F)cc2N1c1nc(NCc2ccccc2)nc(C(N)=O)n1. The first-order valence-electron chi connectivity index (χ1n) is 9.58. The number of nitrogens with one attached hydrogen (secondary N) is 1. The Bertz CT molecular complexity index is 1170. The number of anilines is 3. The highest BCUT2D eigenvalue weighted by atomic mass is 19.1. The Hall–Kier alpha value is -4.08. The number of nitrogens with two attached hydrogens (primary N) is 2. The summed E-state index contributed by atoms with van der Waals surface area (Å²) in [5.41, 5.74) is 13.0. The summed E-state index contributed by atoms with van der Waals surface area (Å²) in [6.45, 7) is 2.28. The number of carbonyl (C=O) groups excluding carboxylic acids is 2. The molecule has 158 valence electrons. The molecule has 2 heterocycles. The highest BCUT2D eigenvalue weighted by Crippen LogP contribution is 2.39. The van der Waals surface area contributed by atoms with Crippen LogP contribution in [-0.2, 0) is 13.0 Å². The van der Waals surface area contributed by atoms with Crippen LogP contribution in [0.25, 0.3) is 0 Å². The van der Waals surface area contributed by atoms with Gasteiger partial charge in [-0.25, -0.2) is 4.39 Å². The van der Waals surface area contributed by atoms with Crippen molar-refractivity contribution in [3.8, 4) is 0 Å². The fourth-order valence-corrected chi connectivity index (χ4v) is 3.64. The van der Waals surface area contributed by atoms with Crippen LogP contribution in [0.2, 0.25) is 0 Å². The maximum atomic E-state index is 14.2. The minimum absolute atomic E-state index is 0.107. The largest absolute Gasteiger partial charge is 0.366 e. The molecule has 10 heteroatoms. The number of primary amides is 2. The van der Waals surface area contributed by atoms with E-state index in [0.29, 0.717) is 24.2 Å². The van der Waals surface area contributed by atoms with E-state index in [1.54, 1.807) is 4.90 Å². The van der Waals surface area contributed by atoms with Crippen LogP contribution >= 0.6 is 0 Å². The lowest BCUT2D eigenvalue weighted by molar-refractivity contribution is 0.0985. The predicted molar refractivity (Wildman–Crippen MR) is 112 cm³/mol. The number of benzene rings is 2. The first-order chi connectivity index (χ1) is 14.8. The molecule has 1 aliphatic heterocycles. The van der Waals surface area contributed by atoms with Gasteiger partial charge in [-0.2, -0.15) is 15.0 Å². The van der Waals surface area contributed by atoms with Gasteiger partial charge in [0.05, 0.1) is 5.69 Å². The van der Waals surface area contributed by atoms with Crippen LogP contribution in [0, 0.1) is 5.82 Å². The number of amides is 2. The second-order valence-corrected chi connectivity index (χ2v) is 7.22. The molecular formula is C21H20FN7O2. The van der Waals surface area contributed by atoms with Crippen LogP contribution in [-0.4, -0.2) is 32.8 Å². The fraction of sp³-hybridized carbons (Fsp3) is 0.190. The van der Waals surface area contributed by atoms with Gasteiger partial charge < -0.3 is 21.7 Å². The average molecular weight is 421 g/mol. The molecule has 0 fully saturated rings. The minimum atomic E-state index is -0.824. The molecule has 0 saturated carbocycles. The van der Waals surface area contributed by atoms with Crippen molar-refractivity contribution in [2.45, 2.75) is 25.9 Å². The van der Waals surface area contributed by atoms with E-state index >= 15 is 0 Å². The van der Waals surface area contributed by atoms with Gasteiger partial charge >= 0.3 is 0 Å². The zero-order chi connectivity index (χ0) is 22.1. The third-order valence-corrected chi connectivity index (χ3v) is 5.01. The summed E-state index contributed by atoms with van der Waals surface area (Å²) in [5.74, 6) is -2.12. The van der Waals surface area contributed by atoms with Crippen molar-refractivity contribution < 1.29 is 14.0 Å².